The molecule has 0 saturated carbocycles. The van der Waals surface area contributed by atoms with E-state index in [0.717, 1.165) is 23.1 Å². The monoisotopic (exact) mass is 456 g/mol. The minimum atomic E-state index is -3.53. The van der Waals surface area contributed by atoms with Gasteiger partial charge in [0.2, 0.25) is 10.0 Å². The lowest BCUT2D eigenvalue weighted by atomic mass is 10.2. The zero-order valence-corrected chi connectivity index (χ0v) is 18.1. The number of amides is 2. The Kier molecular flexibility index (Phi) is 6.12. The fourth-order valence-electron chi connectivity index (χ4n) is 3.20. The van der Waals surface area contributed by atoms with Crippen molar-refractivity contribution in [2.24, 2.45) is 0 Å². The van der Waals surface area contributed by atoms with Crippen molar-refractivity contribution in [3.8, 4) is 0 Å². The Morgan fingerprint density at radius 2 is 1.71 bits per heavy atom. The molecular formula is C21H20N4O4S2. The van der Waals surface area contributed by atoms with Crippen LogP contribution in [0.15, 0.2) is 59.5 Å². The summed E-state index contributed by atoms with van der Waals surface area (Å²) in [5, 5.41) is 0.678. The van der Waals surface area contributed by atoms with E-state index in [1.165, 1.54) is 46.0 Å². The number of nitrogens with zero attached hydrogens (tertiary/aromatic N) is 2. The number of hydrogen-bond donors (Lipinski definition) is 2. The molecule has 31 heavy (non-hydrogen) atoms. The highest BCUT2D eigenvalue weighted by atomic mass is 32.2. The first kappa shape index (κ1) is 21.2. The molecule has 4 rings (SSSR count). The highest BCUT2D eigenvalue weighted by Crippen LogP contribution is 2.22. The number of fused-ring (bicyclic) bond motifs is 1. The average molecular weight is 457 g/mol. The van der Waals surface area contributed by atoms with Crippen LogP contribution >= 0.6 is 11.3 Å². The summed E-state index contributed by atoms with van der Waals surface area (Å²) in [5.41, 5.74) is 5.70. The molecule has 0 spiro atoms. The van der Waals surface area contributed by atoms with E-state index in [1.54, 1.807) is 6.08 Å². The molecule has 1 aliphatic heterocycles. The molecule has 2 amide bonds. The molecule has 0 unspecified atom stereocenters. The molecular weight excluding hydrogens is 436 g/mol. The fourth-order valence-corrected chi connectivity index (χ4v) is 5.58. The van der Waals surface area contributed by atoms with Crippen molar-refractivity contribution in [1.82, 2.24) is 20.1 Å². The van der Waals surface area contributed by atoms with Crippen LogP contribution in [0.5, 0.6) is 0 Å². The average Bonchev–Trinajstić information content (AvgIpc) is 3.46. The maximum absolute atomic E-state index is 12.5. The number of benzene rings is 2. The van der Waals surface area contributed by atoms with Crippen molar-refractivity contribution < 1.29 is 18.0 Å². The van der Waals surface area contributed by atoms with Gasteiger partial charge in [0.05, 0.1) is 15.1 Å². The Labute approximate surface area is 183 Å². The quantitative estimate of drug-likeness (QED) is 0.453. The Hall–Kier alpha value is -3.08. The molecule has 10 heteroatoms. The van der Waals surface area contributed by atoms with Gasteiger partial charge >= 0.3 is 0 Å². The van der Waals surface area contributed by atoms with Crippen molar-refractivity contribution >= 4 is 49.5 Å². The summed E-state index contributed by atoms with van der Waals surface area (Å²) >= 11 is 1.45. The molecule has 2 aromatic carbocycles. The van der Waals surface area contributed by atoms with E-state index in [9.17, 15) is 18.0 Å². The zero-order valence-electron chi connectivity index (χ0n) is 16.4. The smallest absolute Gasteiger partial charge is 0.268 e. The summed E-state index contributed by atoms with van der Waals surface area (Å²) in [6.45, 7) is 1.03. The third kappa shape index (κ3) is 4.82. The molecule has 2 heterocycles. The Morgan fingerprint density at radius 3 is 2.42 bits per heavy atom. The highest BCUT2D eigenvalue weighted by Gasteiger charge is 2.27. The van der Waals surface area contributed by atoms with Crippen LogP contribution in [0.3, 0.4) is 0 Å². The predicted octanol–water partition coefficient (Wildman–Crippen LogP) is 2.56. The molecule has 1 fully saturated rings. The van der Waals surface area contributed by atoms with Crippen LogP contribution in [0.2, 0.25) is 0 Å². The Balaban J connectivity index is 1.33. The summed E-state index contributed by atoms with van der Waals surface area (Å²) in [7, 11) is -3.53. The lowest BCUT2D eigenvalue weighted by Crippen LogP contribution is -2.40. The van der Waals surface area contributed by atoms with E-state index in [2.05, 4.69) is 15.8 Å². The first-order chi connectivity index (χ1) is 14.9. The van der Waals surface area contributed by atoms with Gasteiger partial charge in [0, 0.05) is 24.7 Å². The first-order valence-electron chi connectivity index (χ1n) is 9.68. The minimum absolute atomic E-state index is 0.147. The van der Waals surface area contributed by atoms with Gasteiger partial charge in [-0.3, -0.25) is 20.4 Å². The van der Waals surface area contributed by atoms with Gasteiger partial charge in [0.15, 0.2) is 0 Å². The molecule has 1 aliphatic rings. The Morgan fingerprint density at radius 1 is 1.00 bits per heavy atom. The zero-order chi connectivity index (χ0) is 21.8. The van der Waals surface area contributed by atoms with Gasteiger partial charge in [0.25, 0.3) is 11.8 Å². The number of rotatable bonds is 5. The van der Waals surface area contributed by atoms with Crippen LogP contribution in [-0.4, -0.2) is 42.6 Å². The second-order valence-corrected chi connectivity index (χ2v) is 9.93. The van der Waals surface area contributed by atoms with E-state index in [4.69, 9.17) is 0 Å². The van der Waals surface area contributed by atoms with Gasteiger partial charge in [-0.1, -0.05) is 12.1 Å². The molecule has 8 nitrogen and oxygen atoms in total. The minimum Gasteiger partial charge on any atom is -0.268 e. The van der Waals surface area contributed by atoms with Gasteiger partial charge in [-0.05, 0) is 55.3 Å². The lowest BCUT2D eigenvalue weighted by Gasteiger charge is -2.15. The summed E-state index contributed by atoms with van der Waals surface area (Å²) in [6, 6.07) is 13.3. The maximum Gasteiger partial charge on any atom is 0.269 e. The molecule has 3 aromatic rings. The Bertz CT molecular complexity index is 1210. The van der Waals surface area contributed by atoms with Crippen LogP contribution in [0.1, 0.15) is 28.2 Å². The van der Waals surface area contributed by atoms with Gasteiger partial charge < -0.3 is 0 Å². The number of thiazole rings is 1. The van der Waals surface area contributed by atoms with Gasteiger partial charge in [-0.2, -0.15) is 4.31 Å². The van der Waals surface area contributed by atoms with Crippen LogP contribution in [0.4, 0.5) is 0 Å². The van der Waals surface area contributed by atoms with E-state index in [0.29, 0.717) is 18.1 Å². The summed E-state index contributed by atoms with van der Waals surface area (Å²) in [6.07, 6.45) is 4.56. The van der Waals surface area contributed by atoms with Crippen molar-refractivity contribution in [2.45, 2.75) is 17.7 Å². The predicted molar refractivity (Wildman–Crippen MR) is 119 cm³/mol. The summed E-state index contributed by atoms with van der Waals surface area (Å²) < 4.78 is 27.5. The first-order valence-corrected chi connectivity index (χ1v) is 11.9. The van der Waals surface area contributed by atoms with E-state index in [-0.39, 0.29) is 10.5 Å². The van der Waals surface area contributed by atoms with Crippen LogP contribution < -0.4 is 10.9 Å². The van der Waals surface area contributed by atoms with E-state index < -0.39 is 21.8 Å². The number of hydrogen-bond acceptors (Lipinski definition) is 6. The van der Waals surface area contributed by atoms with Crippen molar-refractivity contribution in [3.63, 3.8) is 0 Å². The van der Waals surface area contributed by atoms with Gasteiger partial charge in [-0.25, -0.2) is 13.4 Å². The number of aromatic nitrogens is 1. The largest absolute Gasteiger partial charge is 0.269 e. The molecule has 160 valence electrons. The van der Waals surface area contributed by atoms with Crippen LogP contribution in [0, 0.1) is 0 Å². The standard InChI is InChI=1S/C21H20N4O4S2/c26-19(11-12-20-22-17-5-1-2-6-18(17)30-20)23-24-21(27)15-7-9-16(10-8-15)31(28,29)25-13-3-4-14-25/h1-2,5-12H,3-4,13-14H2,(H,23,26)(H,24,27)/b12-11+. The number of sulfonamides is 1. The third-order valence-electron chi connectivity index (χ3n) is 4.81. The molecule has 1 aromatic heterocycles. The van der Waals surface area contributed by atoms with Crippen molar-refractivity contribution in [3.05, 3.63) is 65.2 Å². The topological polar surface area (TPSA) is 108 Å². The normalized spacial score (nSPS) is 14.8. The molecule has 0 aliphatic carbocycles. The van der Waals surface area contributed by atoms with Crippen LogP contribution in [-0.2, 0) is 14.8 Å². The third-order valence-corrected chi connectivity index (χ3v) is 7.72. The fraction of sp³-hybridized carbons (Fsp3) is 0.190. The summed E-state index contributed by atoms with van der Waals surface area (Å²) in [5.74, 6) is -1.06. The van der Waals surface area contributed by atoms with E-state index in [1.807, 2.05) is 24.3 Å². The molecule has 1 saturated heterocycles. The molecule has 0 atom stereocenters. The number of hydrazine groups is 1. The molecule has 0 bridgehead atoms. The SMILES string of the molecule is O=C(/C=C/c1nc2ccccc2s1)NNC(=O)c1ccc(S(=O)(=O)N2CCCC2)cc1. The molecule has 0 radical (unpaired) electrons. The van der Waals surface area contributed by atoms with E-state index >= 15 is 0 Å². The number of para-hydroxylation sites is 1. The maximum atomic E-state index is 12.5. The van der Waals surface area contributed by atoms with Crippen LogP contribution in [0.25, 0.3) is 16.3 Å². The van der Waals surface area contributed by atoms with Crippen molar-refractivity contribution in [2.75, 3.05) is 13.1 Å². The van der Waals surface area contributed by atoms with Gasteiger partial charge in [-0.15, -0.1) is 11.3 Å². The van der Waals surface area contributed by atoms with Crippen molar-refractivity contribution in [1.29, 1.82) is 0 Å². The second kappa shape index (κ2) is 8.96. The highest BCUT2D eigenvalue weighted by molar-refractivity contribution is 7.89. The summed E-state index contributed by atoms with van der Waals surface area (Å²) in [4.78, 5) is 28.8. The second-order valence-electron chi connectivity index (χ2n) is 6.93. The number of nitrogens with one attached hydrogen (secondary N) is 2. The number of carbonyl (C=O) groups is 2. The lowest BCUT2D eigenvalue weighted by molar-refractivity contribution is -0.117. The number of carbonyl (C=O) groups excluding carboxylic acids is 2. The molecule has 2 N–H and O–H groups in total. The van der Waals surface area contributed by atoms with Gasteiger partial charge in [0.1, 0.15) is 5.01 Å².